The van der Waals surface area contributed by atoms with Crippen LogP contribution in [0.4, 0.5) is 0 Å². The van der Waals surface area contributed by atoms with Crippen molar-refractivity contribution in [1.82, 2.24) is 9.78 Å². The summed E-state index contributed by atoms with van der Waals surface area (Å²) >= 11 is 2.38. The lowest BCUT2D eigenvalue weighted by atomic mass is 10.1. The quantitative estimate of drug-likeness (QED) is 0.233. The molecule has 0 unspecified atom stereocenters. The summed E-state index contributed by atoms with van der Waals surface area (Å²) in [5.41, 5.74) is 3.28. The van der Waals surface area contributed by atoms with Crippen LogP contribution in [0.1, 0.15) is 11.3 Å². The van der Waals surface area contributed by atoms with Gasteiger partial charge in [0, 0.05) is 23.6 Å². The van der Waals surface area contributed by atoms with Crippen molar-refractivity contribution in [1.29, 1.82) is 0 Å². The highest BCUT2D eigenvalue weighted by Crippen LogP contribution is 2.26. The summed E-state index contributed by atoms with van der Waals surface area (Å²) in [5.74, 6) is 0. The predicted octanol–water partition coefficient (Wildman–Crippen LogP) is 6.12. The normalized spacial score (nSPS) is 12.3. The van der Waals surface area contributed by atoms with Gasteiger partial charge in [-0.2, -0.15) is 5.10 Å². The fourth-order valence-electron chi connectivity index (χ4n) is 2.70. The molecule has 0 aliphatic carbocycles. The Morgan fingerprint density at radius 3 is 2.54 bits per heavy atom. The topological polar surface area (TPSA) is 27.1 Å². The van der Waals surface area contributed by atoms with Gasteiger partial charge >= 0.3 is 0 Å². The van der Waals surface area contributed by atoms with Crippen molar-refractivity contribution in [3.05, 3.63) is 63.4 Å². The summed E-state index contributed by atoms with van der Waals surface area (Å²) in [5, 5.41) is 6.00. The molecule has 136 valence electrons. The van der Waals surface area contributed by atoms with E-state index >= 15 is 0 Å². The SMILES string of the molecule is C[Si](C)(C)CCOCn1nc(/C=C/c2ccccc2)c2c(I)cccc21. The minimum Gasteiger partial charge on any atom is -0.360 e. The molecule has 0 radical (unpaired) electrons. The summed E-state index contributed by atoms with van der Waals surface area (Å²) < 4.78 is 9.12. The van der Waals surface area contributed by atoms with Crippen LogP contribution in [0.5, 0.6) is 0 Å². The summed E-state index contributed by atoms with van der Waals surface area (Å²) in [7, 11) is -1.07. The van der Waals surface area contributed by atoms with E-state index < -0.39 is 8.07 Å². The van der Waals surface area contributed by atoms with E-state index in [1.807, 2.05) is 22.9 Å². The molecule has 0 saturated heterocycles. The lowest BCUT2D eigenvalue weighted by Crippen LogP contribution is -2.22. The number of hydrogen-bond donors (Lipinski definition) is 0. The van der Waals surface area contributed by atoms with Gasteiger partial charge in [0.1, 0.15) is 6.73 Å². The van der Waals surface area contributed by atoms with Crippen LogP contribution in [-0.2, 0) is 11.5 Å². The average molecular weight is 476 g/mol. The van der Waals surface area contributed by atoms with Gasteiger partial charge in [-0.3, -0.25) is 0 Å². The van der Waals surface area contributed by atoms with Crippen molar-refractivity contribution in [2.24, 2.45) is 0 Å². The van der Waals surface area contributed by atoms with E-state index in [1.165, 1.54) is 20.6 Å². The molecule has 0 fully saturated rings. The first kappa shape index (κ1) is 19.3. The van der Waals surface area contributed by atoms with Crippen LogP contribution in [0.3, 0.4) is 0 Å². The second-order valence-electron chi connectivity index (χ2n) is 7.61. The minimum absolute atomic E-state index is 0.500. The predicted molar refractivity (Wildman–Crippen MR) is 122 cm³/mol. The standard InChI is InChI=1S/C21H25IN2OSi/c1-26(2,3)15-14-25-16-24-20-11-7-10-18(22)21(20)19(23-24)13-12-17-8-5-4-6-9-17/h4-13H,14-16H2,1-3H3/b13-12+. The van der Waals surface area contributed by atoms with E-state index in [0.717, 1.165) is 17.8 Å². The molecular weight excluding hydrogens is 451 g/mol. The number of benzene rings is 2. The Morgan fingerprint density at radius 2 is 1.81 bits per heavy atom. The van der Waals surface area contributed by atoms with Crippen LogP contribution in [0.15, 0.2) is 48.5 Å². The first-order valence-electron chi connectivity index (χ1n) is 8.90. The summed E-state index contributed by atoms with van der Waals surface area (Å²) in [6.07, 6.45) is 4.21. The van der Waals surface area contributed by atoms with E-state index in [1.54, 1.807) is 0 Å². The Morgan fingerprint density at radius 1 is 1.04 bits per heavy atom. The van der Waals surface area contributed by atoms with E-state index in [4.69, 9.17) is 9.84 Å². The van der Waals surface area contributed by atoms with Crippen molar-refractivity contribution >= 4 is 53.7 Å². The minimum atomic E-state index is -1.07. The van der Waals surface area contributed by atoms with Crippen LogP contribution < -0.4 is 0 Å². The number of nitrogens with zero attached hydrogens (tertiary/aromatic N) is 2. The molecule has 0 spiro atoms. The summed E-state index contributed by atoms with van der Waals surface area (Å²) in [4.78, 5) is 0. The van der Waals surface area contributed by atoms with Crippen LogP contribution in [-0.4, -0.2) is 24.5 Å². The highest BCUT2D eigenvalue weighted by atomic mass is 127. The third-order valence-corrected chi connectivity index (χ3v) is 6.80. The average Bonchev–Trinajstić information content (AvgIpc) is 2.96. The van der Waals surface area contributed by atoms with E-state index in [-0.39, 0.29) is 0 Å². The Balaban J connectivity index is 1.84. The van der Waals surface area contributed by atoms with Gasteiger partial charge in [-0.25, -0.2) is 4.68 Å². The number of aromatic nitrogens is 2. The van der Waals surface area contributed by atoms with E-state index in [2.05, 4.69) is 84.7 Å². The number of fused-ring (bicyclic) bond motifs is 1. The van der Waals surface area contributed by atoms with E-state index in [0.29, 0.717) is 6.73 Å². The summed E-state index contributed by atoms with van der Waals surface area (Å²) in [6.45, 7) is 8.41. The fraction of sp³-hybridized carbons (Fsp3) is 0.286. The van der Waals surface area contributed by atoms with Gasteiger partial charge in [-0.1, -0.05) is 62.1 Å². The van der Waals surface area contributed by atoms with Crippen molar-refractivity contribution in [3.63, 3.8) is 0 Å². The maximum atomic E-state index is 5.93. The molecule has 0 atom stereocenters. The maximum Gasteiger partial charge on any atom is 0.140 e. The zero-order valence-electron chi connectivity index (χ0n) is 15.6. The molecule has 1 aromatic heterocycles. The Bertz CT molecular complexity index is 898. The summed E-state index contributed by atoms with van der Waals surface area (Å²) in [6, 6.07) is 17.8. The zero-order valence-corrected chi connectivity index (χ0v) is 18.7. The molecule has 3 nitrogen and oxygen atoms in total. The van der Waals surface area contributed by atoms with Crippen LogP contribution >= 0.6 is 22.6 Å². The smallest absolute Gasteiger partial charge is 0.140 e. The second kappa shape index (κ2) is 8.50. The molecule has 0 amide bonds. The number of rotatable bonds is 7. The van der Waals surface area contributed by atoms with Gasteiger partial charge < -0.3 is 4.74 Å². The van der Waals surface area contributed by atoms with Gasteiger partial charge in [-0.15, -0.1) is 0 Å². The van der Waals surface area contributed by atoms with Crippen LogP contribution in [0.25, 0.3) is 23.1 Å². The molecule has 1 heterocycles. The third-order valence-electron chi connectivity index (χ3n) is 4.20. The van der Waals surface area contributed by atoms with Crippen molar-refractivity contribution < 1.29 is 4.74 Å². The molecule has 3 rings (SSSR count). The van der Waals surface area contributed by atoms with E-state index in [9.17, 15) is 0 Å². The van der Waals surface area contributed by atoms with Crippen LogP contribution in [0, 0.1) is 3.57 Å². The fourth-order valence-corrected chi connectivity index (χ4v) is 4.22. The van der Waals surface area contributed by atoms with Gasteiger partial charge in [0.15, 0.2) is 0 Å². The van der Waals surface area contributed by atoms with Gasteiger partial charge in [0.2, 0.25) is 0 Å². The van der Waals surface area contributed by atoms with Gasteiger partial charge in [-0.05, 0) is 52.4 Å². The first-order valence-corrected chi connectivity index (χ1v) is 13.7. The molecule has 0 aliphatic rings. The third kappa shape index (κ3) is 5.05. The van der Waals surface area contributed by atoms with Crippen molar-refractivity contribution in [2.45, 2.75) is 32.4 Å². The Hall–Kier alpha value is -1.44. The van der Waals surface area contributed by atoms with Gasteiger partial charge in [0.05, 0.1) is 11.2 Å². The highest BCUT2D eigenvalue weighted by Gasteiger charge is 2.14. The number of ether oxygens (including phenoxy) is 1. The molecule has 0 aliphatic heterocycles. The molecule has 26 heavy (non-hydrogen) atoms. The number of halogens is 1. The Labute approximate surface area is 170 Å². The molecule has 0 bridgehead atoms. The lowest BCUT2D eigenvalue weighted by Gasteiger charge is -2.15. The first-order chi connectivity index (χ1) is 12.4. The maximum absolute atomic E-state index is 5.93. The molecule has 0 saturated carbocycles. The van der Waals surface area contributed by atoms with Crippen molar-refractivity contribution in [2.75, 3.05) is 6.61 Å². The molecular formula is C21H25IN2OSi. The van der Waals surface area contributed by atoms with Crippen LogP contribution in [0.2, 0.25) is 25.7 Å². The highest BCUT2D eigenvalue weighted by molar-refractivity contribution is 14.1. The molecule has 2 aromatic carbocycles. The second-order valence-corrected chi connectivity index (χ2v) is 14.4. The van der Waals surface area contributed by atoms with Gasteiger partial charge in [0.25, 0.3) is 0 Å². The monoisotopic (exact) mass is 476 g/mol. The molecule has 0 N–H and O–H groups in total. The Kier molecular flexibility index (Phi) is 6.32. The zero-order chi connectivity index (χ0) is 18.6. The lowest BCUT2D eigenvalue weighted by molar-refractivity contribution is 0.0816. The number of hydrogen-bond acceptors (Lipinski definition) is 2. The van der Waals surface area contributed by atoms with Crippen molar-refractivity contribution in [3.8, 4) is 0 Å². The molecule has 3 aromatic rings. The largest absolute Gasteiger partial charge is 0.360 e. The molecule has 5 heteroatoms.